The summed E-state index contributed by atoms with van der Waals surface area (Å²) in [6, 6.07) is 8.05. The van der Waals surface area contributed by atoms with E-state index in [1.165, 1.54) is 12.8 Å². The fourth-order valence-electron chi connectivity index (χ4n) is 1.53. The first-order valence-electron chi connectivity index (χ1n) is 5.84. The Hall–Kier alpha value is -0.600. The van der Waals surface area contributed by atoms with Crippen LogP contribution in [0.15, 0.2) is 34.8 Å². The summed E-state index contributed by atoms with van der Waals surface area (Å²) in [5, 5.41) is 9.71. The van der Waals surface area contributed by atoms with Crippen molar-refractivity contribution in [3.05, 3.63) is 40.4 Å². The Labute approximate surface area is 106 Å². The van der Waals surface area contributed by atoms with Crippen LogP contribution in [-0.4, -0.2) is 11.2 Å². The maximum atomic E-state index is 9.71. The highest BCUT2D eigenvalue weighted by atomic mass is 79.9. The molecule has 0 spiro atoms. The van der Waals surface area contributed by atoms with Crippen LogP contribution >= 0.6 is 15.9 Å². The van der Waals surface area contributed by atoms with Crippen LogP contribution in [0.25, 0.3) is 6.08 Å². The Morgan fingerprint density at radius 3 is 2.88 bits per heavy atom. The van der Waals surface area contributed by atoms with E-state index in [9.17, 15) is 5.11 Å². The summed E-state index contributed by atoms with van der Waals surface area (Å²) in [6.45, 7) is 2.17. The zero-order valence-electron chi connectivity index (χ0n) is 9.70. The lowest BCUT2D eigenvalue weighted by Crippen LogP contribution is -2.00. The van der Waals surface area contributed by atoms with Gasteiger partial charge in [0.05, 0.1) is 6.10 Å². The number of halogens is 1. The summed E-state index contributed by atoms with van der Waals surface area (Å²) < 4.78 is 1.06. The predicted octanol–water partition coefficient (Wildman–Crippen LogP) is 4.40. The third-order valence-electron chi connectivity index (χ3n) is 2.46. The van der Waals surface area contributed by atoms with Gasteiger partial charge in [-0.15, -0.1) is 0 Å². The largest absolute Gasteiger partial charge is 0.389 e. The van der Waals surface area contributed by atoms with Gasteiger partial charge in [0.2, 0.25) is 0 Å². The van der Waals surface area contributed by atoms with Crippen LogP contribution in [0.1, 0.15) is 38.2 Å². The molecule has 1 aromatic carbocycles. The highest BCUT2D eigenvalue weighted by molar-refractivity contribution is 9.10. The Morgan fingerprint density at radius 1 is 1.38 bits per heavy atom. The summed E-state index contributed by atoms with van der Waals surface area (Å²) in [5.41, 5.74) is 1.11. The second-order valence-electron chi connectivity index (χ2n) is 3.98. The molecule has 1 atom stereocenters. The molecule has 1 rings (SSSR count). The summed E-state index contributed by atoms with van der Waals surface area (Å²) in [6.07, 6.45) is 7.88. The van der Waals surface area contributed by atoms with Gasteiger partial charge in [0.25, 0.3) is 0 Å². The second-order valence-corrected chi connectivity index (χ2v) is 4.89. The van der Waals surface area contributed by atoms with Crippen molar-refractivity contribution in [2.45, 2.75) is 38.7 Å². The van der Waals surface area contributed by atoms with Gasteiger partial charge in [-0.1, -0.05) is 66.4 Å². The molecule has 16 heavy (non-hydrogen) atoms. The maximum Gasteiger partial charge on any atom is 0.0724 e. The van der Waals surface area contributed by atoms with Gasteiger partial charge in [-0.2, -0.15) is 0 Å². The van der Waals surface area contributed by atoms with Gasteiger partial charge in [0.1, 0.15) is 0 Å². The van der Waals surface area contributed by atoms with Gasteiger partial charge in [0.15, 0.2) is 0 Å². The molecule has 0 aliphatic rings. The van der Waals surface area contributed by atoms with E-state index >= 15 is 0 Å². The molecule has 2 heteroatoms. The molecule has 0 unspecified atom stereocenters. The molecule has 0 radical (unpaired) electrons. The molecule has 1 nitrogen and oxygen atoms in total. The fraction of sp³-hybridized carbons (Fsp3) is 0.429. The van der Waals surface area contributed by atoms with Crippen molar-refractivity contribution < 1.29 is 5.11 Å². The molecule has 0 saturated carbocycles. The molecule has 0 bridgehead atoms. The molecular formula is C14H19BrO. The number of aliphatic hydroxyl groups excluding tert-OH is 1. The van der Waals surface area contributed by atoms with Gasteiger partial charge in [0, 0.05) is 4.47 Å². The number of aliphatic hydroxyl groups is 1. The van der Waals surface area contributed by atoms with Crippen molar-refractivity contribution in [1.82, 2.24) is 0 Å². The number of rotatable bonds is 6. The minimum atomic E-state index is -0.314. The van der Waals surface area contributed by atoms with Gasteiger partial charge < -0.3 is 5.11 Å². The quantitative estimate of drug-likeness (QED) is 0.767. The van der Waals surface area contributed by atoms with Crippen molar-refractivity contribution in [1.29, 1.82) is 0 Å². The van der Waals surface area contributed by atoms with Crippen LogP contribution in [0.3, 0.4) is 0 Å². The maximum absolute atomic E-state index is 9.71. The minimum absolute atomic E-state index is 0.314. The first-order chi connectivity index (χ1) is 7.72. The van der Waals surface area contributed by atoms with E-state index < -0.39 is 0 Å². The second kappa shape index (κ2) is 7.64. The van der Waals surface area contributed by atoms with E-state index in [1.807, 2.05) is 36.4 Å². The lowest BCUT2D eigenvalue weighted by molar-refractivity contribution is 0.209. The summed E-state index contributed by atoms with van der Waals surface area (Å²) in [4.78, 5) is 0. The Bertz CT molecular complexity index is 333. The van der Waals surface area contributed by atoms with E-state index in [-0.39, 0.29) is 6.10 Å². The van der Waals surface area contributed by atoms with Crippen LogP contribution in [0.4, 0.5) is 0 Å². The SMILES string of the molecule is CCCCC[C@H](O)C=Cc1cccc(Br)c1. The lowest BCUT2D eigenvalue weighted by atomic mass is 10.1. The molecule has 0 aromatic heterocycles. The van der Waals surface area contributed by atoms with Crippen molar-refractivity contribution in [2.75, 3.05) is 0 Å². The van der Waals surface area contributed by atoms with E-state index in [2.05, 4.69) is 22.9 Å². The molecular weight excluding hydrogens is 264 g/mol. The molecule has 0 aliphatic carbocycles. The fourth-order valence-corrected chi connectivity index (χ4v) is 1.95. The average Bonchev–Trinajstić information content (AvgIpc) is 2.27. The zero-order chi connectivity index (χ0) is 11.8. The zero-order valence-corrected chi connectivity index (χ0v) is 11.3. The summed E-state index contributed by atoms with van der Waals surface area (Å²) >= 11 is 3.42. The standard InChI is InChI=1S/C14H19BrO/c1-2-3-4-8-14(16)10-9-12-6-5-7-13(15)11-12/h5-7,9-11,14,16H,2-4,8H2,1H3/t14-/m0/s1. The monoisotopic (exact) mass is 282 g/mol. The van der Waals surface area contributed by atoms with Gasteiger partial charge in [-0.3, -0.25) is 0 Å². The Kier molecular flexibility index (Phi) is 6.43. The number of hydrogen-bond donors (Lipinski definition) is 1. The highest BCUT2D eigenvalue weighted by Gasteiger charge is 1.98. The van der Waals surface area contributed by atoms with Crippen LogP contribution in [0.2, 0.25) is 0 Å². The van der Waals surface area contributed by atoms with Crippen LogP contribution in [-0.2, 0) is 0 Å². The van der Waals surface area contributed by atoms with Crippen LogP contribution in [0, 0.1) is 0 Å². The van der Waals surface area contributed by atoms with Crippen molar-refractivity contribution >= 4 is 22.0 Å². The Balaban J connectivity index is 2.40. The number of unbranched alkanes of at least 4 members (excludes halogenated alkanes) is 2. The van der Waals surface area contributed by atoms with Gasteiger partial charge in [-0.25, -0.2) is 0 Å². The normalized spacial score (nSPS) is 13.2. The Morgan fingerprint density at radius 2 is 2.19 bits per heavy atom. The molecule has 1 aromatic rings. The van der Waals surface area contributed by atoms with E-state index in [1.54, 1.807) is 0 Å². The van der Waals surface area contributed by atoms with Crippen molar-refractivity contribution in [2.24, 2.45) is 0 Å². The molecule has 0 amide bonds. The molecule has 1 N–H and O–H groups in total. The summed E-state index contributed by atoms with van der Waals surface area (Å²) in [5.74, 6) is 0. The smallest absolute Gasteiger partial charge is 0.0724 e. The predicted molar refractivity (Wildman–Crippen MR) is 73.3 cm³/mol. The summed E-state index contributed by atoms with van der Waals surface area (Å²) in [7, 11) is 0. The van der Waals surface area contributed by atoms with Crippen LogP contribution < -0.4 is 0 Å². The first-order valence-corrected chi connectivity index (χ1v) is 6.63. The number of hydrogen-bond acceptors (Lipinski definition) is 1. The van der Waals surface area contributed by atoms with E-state index in [0.29, 0.717) is 0 Å². The topological polar surface area (TPSA) is 20.2 Å². The molecule has 88 valence electrons. The third kappa shape index (κ3) is 5.47. The third-order valence-corrected chi connectivity index (χ3v) is 2.96. The van der Waals surface area contributed by atoms with Gasteiger partial charge in [-0.05, 0) is 24.1 Å². The average molecular weight is 283 g/mol. The van der Waals surface area contributed by atoms with Crippen molar-refractivity contribution in [3.8, 4) is 0 Å². The van der Waals surface area contributed by atoms with E-state index in [4.69, 9.17) is 0 Å². The van der Waals surface area contributed by atoms with Crippen LogP contribution in [0.5, 0.6) is 0 Å². The van der Waals surface area contributed by atoms with E-state index in [0.717, 1.165) is 22.9 Å². The van der Waals surface area contributed by atoms with Gasteiger partial charge >= 0.3 is 0 Å². The molecule has 0 fully saturated rings. The molecule has 0 aliphatic heterocycles. The van der Waals surface area contributed by atoms with Crippen molar-refractivity contribution in [3.63, 3.8) is 0 Å². The minimum Gasteiger partial charge on any atom is -0.389 e. The lowest BCUT2D eigenvalue weighted by Gasteiger charge is -2.04. The highest BCUT2D eigenvalue weighted by Crippen LogP contribution is 2.13. The molecule has 0 heterocycles. The first kappa shape index (κ1) is 13.5. The molecule has 0 saturated heterocycles. The number of benzene rings is 1.